The van der Waals surface area contributed by atoms with Gasteiger partial charge >= 0.3 is 0 Å². The van der Waals surface area contributed by atoms with Crippen molar-refractivity contribution in [1.29, 1.82) is 5.26 Å². The Hall–Kier alpha value is -3.83. The number of nitrogens with zero attached hydrogens (tertiary/aromatic N) is 4. The van der Waals surface area contributed by atoms with E-state index in [-0.39, 0.29) is 10.8 Å². The molecule has 5 rings (SSSR count). The molecule has 0 saturated carbocycles. The van der Waals surface area contributed by atoms with Gasteiger partial charge < -0.3 is 9.80 Å². The fourth-order valence-electron chi connectivity index (χ4n) is 4.78. The number of benzene rings is 3. The second-order valence-electron chi connectivity index (χ2n) is 8.78. The second-order valence-corrected chi connectivity index (χ2v) is 10.6. The van der Waals surface area contributed by atoms with Crippen LogP contribution in [-0.2, 0) is 16.4 Å². The first kappa shape index (κ1) is 22.9. The highest BCUT2D eigenvalue weighted by molar-refractivity contribution is 7.92. The van der Waals surface area contributed by atoms with E-state index in [9.17, 15) is 13.2 Å². The monoisotopic (exact) mass is 486 g/mol. The van der Waals surface area contributed by atoms with Crippen molar-refractivity contribution in [2.75, 3.05) is 41.9 Å². The summed E-state index contributed by atoms with van der Waals surface area (Å²) in [6, 6.07) is 23.5. The summed E-state index contributed by atoms with van der Waals surface area (Å²) in [5.74, 6) is -0.162. The van der Waals surface area contributed by atoms with Crippen LogP contribution in [0.5, 0.6) is 0 Å². The molecule has 178 valence electrons. The third kappa shape index (κ3) is 4.47. The number of hydrogen-bond acceptors (Lipinski definition) is 5. The van der Waals surface area contributed by atoms with E-state index >= 15 is 0 Å². The maximum atomic E-state index is 13.4. The van der Waals surface area contributed by atoms with E-state index < -0.39 is 10.0 Å². The molecule has 3 aromatic rings. The van der Waals surface area contributed by atoms with Gasteiger partial charge in [-0.1, -0.05) is 24.3 Å². The fourth-order valence-corrected chi connectivity index (χ4v) is 6.33. The van der Waals surface area contributed by atoms with E-state index in [2.05, 4.69) is 11.0 Å². The molecular formula is C27H26N4O3S. The van der Waals surface area contributed by atoms with Gasteiger partial charge in [-0.3, -0.25) is 9.10 Å². The molecule has 0 N–H and O–H groups in total. The first-order chi connectivity index (χ1) is 17.0. The summed E-state index contributed by atoms with van der Waals surface area (Å²) in [5.41, 5.74) is 3.75. The Labute approximate surface area is 205 Å². The lowest BCUT2D eigenvalue weighted by atomic mass is 10.2. The molecule has 0 bridgehead atoms. The number of amides is 1. The highest BCUT2D eigenvalue weighted by Crippen LogP contribution is 2.33. The zero-order valence-corrected chi connectivity index (χ0v) is 20.1. The van der Waals surface area contributed by atoms with Crippen molar-refractivity contribution < 1.29 is 13.2 Å². The van der Waals surface area contributed by atoms with Crippen molar-refractivity contribution in [2.24, 2.45) is 0 Å². The normalized spacial score (nSPS) is 15.9. The van der Waals surface area contributed by atoms with E-state index in [1.807, 2.05) is 36.4 Å². The van der Waals surface area contributed by atoms with Gasteiger partial charge in [0.1, 0.15) is 0 Å². The number of rotatable bonds is 4. The lowest BCUT2D eigenvalue weighted by molar-refractivity contribution is 0.0766. The zero-order valence-electron chi connectivity index (χ0n) is 19.3. The standard InChI is InChI=1S/C27H26N4O3S/c28-20-21-9-11-24(12-10-21)29-14-4-15-30(18-17-29)27(32)23-6-3-7-25(19-23)35(33,34)31-16-13-22-5-1-2-8-26(22)31/h1-3,5-12,19H,4,13-18H2. The number of carbonyl (C=O) groups excluding carboxylic acids is 1. The Morgan fingerprint density at radius 1 is 0.857 bits per heavy atom. The van der Waals surface area contributed by atoms with Gasteiger partial charge in [-0.25, -0.2) is 8.42 Å². The van der Waals surface area contributed by atoms with E-state index in [1.54, 1.807) is 35.2 Å². The highest BCUT2D eigenvalue weighted by Gasteiger charge is 2.31. The summed E-state index contributed by atoms with van der Waals surface area (Å²) in [6.45, 7) is 3.01. The number of nitriles is 1. The molecule has 35 heavy (non-hydrogen) atoms. The van der Waals surface area contributed by atoms with Crippen LogP contribution in [-0.4, -0.2) is 51.9 Å². The molecule has 7 nitrogen and oxygen atoms in total. The molecule has 1 saturated heterocycles. The first-order valence-corrected chi connectivity index (χ1v) is 13.2. The molecule has 0 atom stereocenters. The van der Waals surface area contributed by atoms with Crippen molar-refractivity contribution in [3.63, 3.8) is 0 Å². The van der Waals surface area contributed by atoms with Crippen LogP contribution in [0.25, 0.3) is 0 Å². The topological polar surface area (TPSA) is 84.7 Å². The average Bonchev–Trinajstić information content (AvgIpc) is 3.19. The van der Waals surface area contributed by atoms with Gasteiger partial charge in [-0.05, 0) is 66.9 Å². The van der Waals surface area contributed by atoms with E-state index in [0.29, 0.717) is 49.4 Å². The molecule has 0 radical (unpaired) electrons. The molecule has 0 spiro atoms. The molecule has 0 aliphatic carbocycles. The largest absolute Gasteiger partial charge is 0.370 e. The number of anilines is 2. The number of hydrogen-bond donors (Lipinski definition) is 0. The molecule has 1 amide bonds. The van der Waals surface area contributed by atoms with Crippen molar-refractivity contribution in [1.82, 2.24) is 4.90 Å². The van der Waals surface area contributed by atoms with Gasteiger partial charge in [0.05, 0.1) is 22.2 Å². The molecule has 2 heterocycles. The second kappa shape index (κ2) is 9.43. The van der Waals surface area contributed by atoms with Crippen LogP contribution in [0.3, 0.4) is 0 Å². The van der Waals surface area contributed by atoms with Crippen LogP contribution >= 0.6 is 0 Å². The molecule has 0 unspecified atom stereocenters. The Bertz CT molecular complexity index is 1400. The number of sulfonamides is 1. The van der Waals surface area contributed by atoms with Crippen LogP contribution in [0.2, 0.25) is 0 Å². The lowest BCUT2D eigenvalue weighted by Gasteiger charge is -2.24. The van der Waals surface area contributed by atoms with E-state index in [4.69, 9.17) is 5.26 Å². The summed E-state index contributed by atoms with van der Waals surface area (Å²) in [6.07, 6.45) is 1.48. The van der Waals surface area contributed by atoms with Crippen LogP contribution < -0.4 is 9.21 Å². The van der Waals surface area contributed by atoms with Gasteiger partial charge in [0.25, 0.3) is 15.9 Å². The summed E-state index contributed by atoms with van der Waals surface area (Å²) >= 11 is 0. The van der Waals surface area contributed by atoms with Crippen molar-refractivity contribution in [2.45, 2.75) is 17.7 Å². The van der Waals surface area contributed by atoms with Gasteiger partial charge in [0.15, 0.2) is 0 Å². The predicted molar refractivity (Wildman–Crippen MR) is 135 cm³/mol. The quantitative estimate of drug-likeness (QED) is 0.562. The van der Waals surface area contributed by atoms with Crippen LogP contribution in [0.4, 0.5) is 11.4 Å². The summed E-state index contributed by atoms with van der Waals surface area (Å²) in [7, 11) is -3.77. The maximum Gasteiger partial charge on any atom is 0.264 e. The number of carbonyl (C=O) groups is 1. The third-order valence-corrected chi connectivity index (χ3v) is 8.47. The lowest BCUT2D eigenvalue weighted by Crippen LogP contribution is -2.35. The van der Waals surface area contributed by atoms with Crippen molar-refractivity contribution >= 4 is 27.3 Å². The number of fused-ring (bicyclic) bond motifs is 1. The van der Waals surface area contributed by atoms with Gasteiger partial charge in [0.2, 0.25) is 0 Å². The third-order valence-electron chi connectivity index (χ3n) is 6.66. The summed E-state index contributed by atoms with van der Waals surface area (Å²) in [4.78, 5) is 17.5. The average molecular weight is 487 g/mol. The van der Waals surface area contributed by atoms with Crippen LogP contribution in [0, 0.1) is 11.3 Å². The van der Waals surface area contributed by atoms with Gasteiger partial charge in [-0.2, -0.15) is 5.26 Å². The highest BCUT2D eigenvalue weighted by atomic mass is 32.2. The summed E-state index contributed by atoms with van der Waals surface area (Å²) < 4.78 is 28.3. The minimum absolute atomic E-state index is 0.133. The minimum atomic E-state index is -3.77. The smallest absolute Gasteiger partial charge is 0.264 e. The zero-order chi connectivity index (χ0) is 24.4. The van der Waals surface area contributed by atoms with E-state index in [1.165, 1.54) is 10.4 Å². The van der Waals surface area contributed by atoms with Crippen molar-refractivity contribution in [3.05, 3.63) is 89.5 Å². The molecule has 2 aliphatic heterocycles. The molecule has 0 aromatic heterocycles. The van der Waals surface area contributed by atoms with E-state index in [0.717, 1.165) is 24.2 Å². The van der Waals surface area contributed by atoms with Gasteiger partial charge in [0, 0.05) is 44.0 Å². The minimum Gasteiger partial charge on any atom is -0.370 e. The Balaban J connectivity index is 1.32. The predicted octanol–water partition coefficient (Wildman–Crippen LogP) is 3.66. The van der Waals surface area contributed by atoms with Crippen LogP contribution in [0.15, 0.2) is 77.7 Å². The SMILES string of the molecule is N#Cc1ccc(N2CCCN(C(=O)c3cccc(S(=O)(=O)N4CCc5ccccc54)c3)CC2)cc1. The Kier molecular flexibility index (Phi) is 6.18. The molecule has 8 heteroatoms. The summed E-state index contributed by atoms with van der Waals surface area (Å²) in [5, 5.41) is 9.01. The maximum absolute atomic E-state index is 13.4. The Morgan fingerprint density at radius 3 is 2.46 bits per heavy atom. The number of para-hydroxylation sites is 1. The van der Waals surface area contributed by atoms with Crippen molar-refractivity contribution in [3.8, 4) is 6.07 Å². The fraction of sp³-hybridized carbons (Fsp3) is 0.259. The first-order valence-electron chi connectivity index (χ1n) is 11.7. The Morgan fingerprint density at radius 2 is 1.66 bits per heavy atom. The molecule has 3 aromatic carbocycles. The van der Waals surface area contributed by atoms with Crippen LogP contribution in [0.1, 0.15) is 27.9 Å². The van der Waals surface area contributed by atoms with Gasteiger partial charge in [-0.15, -0.1) is 0 Å². The molecule has 2 aliphatic rings. The molecule has 1 fully saturated rings. The molecular weight excluding hydrogens is 460 g/mol.